The summed E-state index contributed by atoms with van der Waals surface area (Å²) in [4.78, 5) is 12.8. The van der Waals surface area contributed by atoms with Gasteiger partial charge in [-0.15, -0.1) is 0 Å². The molecule has 0 radical (unpaired) electrons. The van der Waals surface area contributed by atoms with Crippen molar-refractivity contribution < 1.29 is 4.52 Å². The fraction of sp³-hybridized carbons (Fsp3) is 0.500. The van der Waals surface area contributed by atoms with Gasteiger partial charge in [0.1, 0.15) is 6.33 Å². The zero-order valence-corrected chi connectivity index (χ0v) is 10.3. The largest absolute Gasteiger partial charge is 0.339 e. The molecule has 0 aromatic carbocycles. The highest BCUT2D eigenvalue weighted by molar-refractivity contribution is 5.57. The third-order valence-electron chi connectivity index (χ3n) is 3.20. The fourth-order valence-corrected chi connectivity index (χ4v) is 2.23. The van der Waals surface area contributed by atoms with Gasteiger partial charge in [0.2, 0.25) is 11.7 Å². The molecule has 6 nitrogen and oxygen atoms in total. The SMILES string of the molecule is CCc1nc(-c2cncnc2[C@@H]2CCNC2)no1. The number of aryl methyl sites for hydroxylation is 1. The van der Waals surface area contributed by atoms with Gasteiger partial charge < -0.3 is 9.84 Å². The highest BCUT2D eigenvalue weighted by Gasteiger charge is 2.23. The average Bonchev–Trinajstić information content (AvgIpc) is 3.10. The van der Waals surface area contributed by atoms with Crippen LogP contribution in [0.5, 0.6) is 0 Å². The van der Waals surface area contributed by atoms with Crippen molar-refractivity contribution in [2.24, 2.45) is 0 Å². The van der Waals surface area contributed by atoms with Gasteiger partial charge in [-0.2, -0.15) is 4.98 Å². The molecule has 0 bridgehead atoms. The van der Waals surface area contributed by atoms with Gasteiger partial charge in [0, 0.05) is 25.1 Å². The lowest BCUT2D eigenvalue weighted by Crippen LogP contribution is -2.10. The molecule has 2 aromatic heterocycles. The molecular formula is C12H15N5O. The number of rotatable bonds is 3. The first-order valence-corrected chi connectivity index (χ1v) is 6.22. The van der Waals surface area contributed by atoms with Crippen molar-refractivity contribution in [2.75, 3.05) is 13.1 Å². The molecule has 1 aliphatic heterocycles. The molecule has 0 amide bonds. The minimum absolute atomic E-state index is 0.409. The molecule has 1 atom stereocenters. The lowest BCUT2D eigenvalue weighted by atomic mass is 10.00. The fourth-order valence-electron chi connectivity index (χ4n) is 2.23. The molecule has 0 saturated carbocycles. The number of hydrogen-bond acceptors (Lipinski definition) is 6. The highest BCUT2D eigenvalue weighted by atomic mass is 16.5. The standard InChI is InChI=1S/C12H15N5O/c1-2-10-16-12(17-18-10)9-6-14-7-15-11(9)8-3-4-13-5-8/h6-8,13H,2-5H2,1H3/t8-/m1/s1. The van der Waals surface area contributed by atoms with Crippen molar-refractivity contribution in [2.45, 2.75) is 25.7 Å². The molecule has 6 heteroatoms. The summed E-state index contributed by atoms with van der Waals surface area (Å²) in [6.07, 6.45) is 5.17. The summed E-state index contributed by atoms with van der Waals surface area (Å²) < 4.78 is 5.15. The second kappa shape index (κ2) is 4.81. The zero-order valence-electron chi connectivity index (χ0n) is 10.3. The third kappa shape index (κ3) is 1.99. The van der Waals surface area contributed by atoms with Gasteiger partial charge in [0.05, 0.1) is 11.3 Å². The van der Waals surface area contributed by atoms with Crippen molar-refractivity contribution in [3.63, 3.8) is 0 Å². The van der Waals surface area contributed by atoms with Gasteiger partial charge in [-0.05, 0) is 13.0 Å². The lowest BCUT2D eigenvalue weighted by molar-refractivity contribution is 0.382. The van der Waals surface area contributed by atoms with Gasteiger partial charge in [0.15, 0.2) is 0 Å². The van der Waals surface area contributed by atoms with E-state index in [1.54, 1.807) is 12.5 Å². The lowest BCUT2D eigenvalue weighted by Gasteiger charge is -2.10. The molecule has 3 heterocycles. The monoisotopic (exact) mass is 245 g/mol. The molecule has 0 spiro atoms. The van der Waals surface area contributed by atoms with Crippen LogP contribution in [0.3, 0.4) is 0 Å². The third-order valence-corrected chi connectivity index (χ3v) is 3.20. The second-order valence-corrected chi connectivity index (χ2v) is 4.38. The van der Waals surface area contributed by atoms with Crippen molar-refractivity contribution in [3.05, 3.63) is 24.1 Å². The Hall–Kier alpha value is -1.82. The normalized spacial score (nSPS) is 19.3. The molecule has 18 heavy (non-hydrogen) atoms. The van der Waals surface area contributed by atoms with Crippen LogP contribution >= 0.6 is 0 Å². The number of aromatic nitrogens is 4. The van der Waals surface area contributed by atoms with Crippen LogP contribution in [-0.2, 0) is 6.42 Å². The minimum atomic E-state index is 0.409. The van der Waals surface area contributed by atoms with E-state index in [1.807, 2.05) is 6.92 Å². The van der Waals surface area contributed by atoms with Crippen LogP contribution in [0, 0.1) is 0 Å². The zero-order chi connectivity index (χ0) is 12.4. The smallest absolute Gasteiger partial charge is 0.226 e. The van der Waals surface area contributed by atoms with Crippen molar-refractivity contribution in [1.29, 1.82) is 0 Å². The van der Waals surface area contributed by atoms with E-state index < -0.39 is 0 Å². The maximum atomic E-state index is 5.15. The van der Waals surface area contributed by atoms with E-state index in [0.717, 1.165) is 37.2 Å². The van der Waals surface area contributed by atoms with Crippen molar-refractivity contribution in [1.82, 2.24) is 25.4 Å². The first kappa shape index (κ1) is 11.3. The molecule has 1 saturated heterocycles. The Morgan fingerprint density at radius 2 is 2.44 bits per heavy atom. The number of nitrogens with one attached hydrogen (secondary N) is 1. The van der Waals surface area contributed by atoms with Crippen LogP contribution in [0.1, 0.15) is 30.8 Å². The Labute approximate surface area is 105 Å². The quantitative estimate of drug-likeness (QED) is 0.874. The van der Waals surface area contributed by atoms with Crippen LogP contribution in [0.4, 0.5) is 0 Å². The summed E-state index contributed by atoms with van der Waals surface area (Å²) in [5.41, 5.74) is 1.90. The number of hydrogen-bond donors (Lipinski definition) is 1. The predicted octanol–water partition coefficient (Wildman–Crippen LogP) is 1.17. The van der Waals surface area contributed by atoms with E-state index in [1.165, 1.54) is 0 Å². The van der Waals surface area contributed by atoms with E-state index in [2.05, 4.69) is 25.4 Å². The van der Waals surface area contributed by atoms with Gasteiger partial charge in [0.25, 0.3) is 0 Å². The van der Waals surface area contributed by atoms with Crippen LogP contribution in [0.2, 0.25) is 0 Å². The first-order chi connectivity index (χ1) is 8.88. The summed E-state index contributed by atoms with van der Waals surface area (Å²) in [7, 11) is 0. The summed E-state index contributed by atoms with van der Waals surface area (Å²) in [6.45, 7) is 3.96. The highest BCUT2D eigenvalue weighted by Crippen LogP contribution is 2.28. The predicted molar refractivity (Wildman–Crippen MR) is 64.9 cm³/mol. The first-order valence-electron chi connectivity index (χ1n) is 6.22. The van der Waals surface area contributed by atoms with E-state index in [9.17, 15) is 0 Å². The molecule has 2 aromatic rings. The molecule has 0 aliphatic carbocycles. The van der Waals surface area contributed by atoms with E-state index in [-0.39, 0.29) is 0 Å². The summed E-state index contributed by atoms with van der Waals surface area (Å²) in [5.74, 6) is 1.64. The Morgan fingerprint density at radius 3 is 3.17 bits per heavy atom. The maximum absolute atomic E-state index is 5.15. The molecule has 3 rings (SSSR count). The minimum Gasteiger partial charge on any atom is -0.339 e. The Kier molecular flexibility index (Phi) is 3.02. The van der Waals surface area contributed by atoms with Crippen molar-refractivity contribution in [3.8, 4) is 11.4 Å². The van der Waals surface area contributed by atoms with E-state index in [4.69, 9.17) is 4.52 Å². The molecule has 0 unspecified atom stereocenters. The second-order valence-electron chi connectivity index (χ2n) is 4.38. The Bertz CT molecular complexity index is 533. The summed E-state index contributed by atoms with van der Waals surface area (Å²) in [6, 6.07) is 0. The molecule has 1 N–H and O–H groups in total. The average molecular weight is 245 g/mol. The van der Waals surface area contributed by atoms with E-state index >= 15 is 0 Å². The van der Waals surface area contributed by atoms with Crippen LogP contribution in [0.25, 0.3) is 11.4 Å². The van der Waals surface area contributed by atoms with Crippen LogP contribution < -0.4 is 5.32 Å². The Morgan fingerprint density at radius 1 is 1.50 bits per heavy atom. The van der Waals surface area contributed by atoms with Gasteiger partial charge in [-0.25, -0.2) is 9.97 Å². The summed E-state index contributed by atoms with van der Waals surface area (Å²) in [5, 5.41) is 7.34. The topological polar surface area (TPSA) is 76.7 Å². The van der Waals surface area contributed by atoms with Gasteiger partial charge >= 0.3 is 0 Å². The molecule has 94 valence electrons. The summed E-state index contributed by atoms with van der Waals surface area (Å²) >= 11 is 0. The van der Waals surface area contributed by atoms with E-state index in [0.29, 0.717) is 17.6 Å². The maximum Gasteiger partial charge on any atom is 0.226 e. The number of nitrogens with zero attached hydrogens (tertiary/aromatic N) is 4. The molecular weight excluding hydrogens is 230 g/mol. The molecule has 1 fully saturated rings. The Balaban J connectivity index is 2.00. The molecule has 1 aliphatic rings. The van der Waals surface area contributed by atoms with Gasteiger partial charge in [-0.1, -0.05) is 12.1 Å². The van der Waals surface area contributed by atoms with Crippen LogP contribution in [-0.4, -0.2) is 33.2 Å². The van der Waals surface area contributed by atoms with Crippen LogP contribution in [0.15, 0.2) is 17.0 Å². The van der Waals surface area contributed by atoms with Crippen molar-refractivity contribution >= 4 is 0 Å². The van der Waals surface area contributed by atoms with Gasteiger partial charge in [-0.3, -0.25) is 0 Å².